The van der Waals surface area contributed by atoms with E-state index in [4.69, 9.17) is 0 Å². The molecule has 0 aliphatic heterocycles. The van der Waals surface area contributed by atoms with Crippen molar-refractivity contribution in [2.24, 2.45) is 11.8 Å². The third-order valence-electron chi connectivity index (χ3n) is 2.26. The van der Waals surface area contributed by atoms with Gasteiger partial charge in [0.2, 0.25) is 0 Å². The van der Waals surface area contributed by atoms with E-state index in [1.165, 1.54) is 25.7 Å². The maximum Gasteiger partial charge on any atom is -0.0391 e. The highest BCUT2D eigenvalue weighted by Crippen LogP contribution is 2.21. The Labute approximate surface area is 73.4 Å². The minimum atomic E-state index is 0. The molecular formula is C11H26. The quantitative estimate of drug-likeness (QED) is 0.553. The predicted molar refractivity (Wildman–Crippen MR) is 54.9 cm³/mol. The molecule has 0 spiro atoms. The van der Waals surface area contributed by atoms with Crippen LogP contribution in [0.25, 0.3) is 0 Å². The minimum Gasteiger partial charge on any atom is -0.0776 e. The van der Waals surface area contributed by atoms with Crippen molar-refractivity contribution < 1.29 is 0 Å². The van der Waals surface area contributed by atoms with E-state index in [2.05, 4.69) is 27.7 Å². The zero-order chi connectivity index (χ0) is 7.98. The summed E-state index contributed by atoms with van der Waals surface area (Å²) in [6.45, 7) is 9.25. The molecule has 0 aromatic rings. The molecule has 0 atom stereocenters. The lowest BCUT2D eigenvalue weighted by atomic mass is 9.88. The van der Waals surface area contributed by atoms with Gasteiger partial charge in [0.15, 0.2) is 0 Å². The SMILES string of the molecule is C.CCCC(CCC)C(C)C. The van der Waals surface area contributed by atoms with Crippen molar-refractivity contribution >= 4 is 0 Å². The zero-order valence-corrected chi connectivity index (χ0v) is 7.98. The van der Waals surface area contributed by atoms with Crippen molar-refractivity contribution in [3.63, 3.8) is 0 Å². The smallest absolute Gasteiger partial charge is 0.0391 e. The molecular weight excluding hydrogens is 132 g/mol. The van der Waals surface area contributed by atoms with Crippen molar-refractivity contribution in [1.29, 1.82) is 0 Å². The van der Waals surface area contributed by atoms with E-state index in [1.54, 1.807) is 0 Å². The summed E-state index contributed by atoms with van der Waals surface area (Å²) in [6.07, 6.45) is 5.54. The first-order valence-electron chi connectivity index (χ1n) is 4.72. The highest BCUT2D eigenvalue weighted by atomic mass is 14.2. The van der Waals surface area contributed by atoms with Crippen molar-refractivity contribution in [3.8, 4) is 0 Å². The second-order valence-electron chi connectivity index (χ2n) is 3.58. The van der Waals surface area contributed by atoms with Crippen LogP contribution in [0.4, 0.5) is 0 Å². The minimum absolute atomic E-state index is 0. The summed E-state index contributed by atoms with van der Waals surface area (Å²) in [5.41, 5.74) is 0. The van der Waals surface area contributed by atoms with Gasteiger partial charge < -0.3 is 0 Å². The van der Waals surface area contributed by atoms with E-state index in [1.807, 2.05) is 0 Å². The predicted octanol–water partition coefficient (Wildman–Crippen LogP) is 4.49. The molecule has 0 aromatic carbocycles. The Kier molecular flexibility index (Phi) is 10.0. The monoisotopic (exact) mass is 158 g/mol. The molecule has 0 aromatic heterocycles. The largest absolute Gasteiger partial charge is 0.0776 e. The van der Waals surface area contributed by atoms with Crippen molar-refractivity contribution in [1.82, 2.24) is 0 Å². The summed E-state index contributed by atoms with van der Waals surface area (Å²) < 4.78 is 0. The van der Waals surface area contributed by atoms with Gasteiger partial charge in [-0.05, 0) is 11.8 Å². The van der Waals surface area contributed by atoms with Crippen molar-refractivity contribution in [2.75, 3.05) is 0 Å². The van der Waals surface area contributed by atoms with Gasteiger partial charge >= 0.3 is 0 Å². The second-order valence-corrected chi connectivity index (χ2v) is 3.58. The standard InChI is InChI=1S/C10H22.CH4/c1-5-7-10(8-6-2)9(3)4;/h9-10H,5-8H2,1-4H3;1H4. The van der Waals surface area contributed by atoms with Gasteiger partial charge in [0.1, 0.15) is 0 Å². The molecule has 0 unspecified atom stereocenters. The van der Waals surface area contributed by atoms with Gasteiger partial charge in [-0.1, -0.05) is 60.8 Å². The molecule has 0 rings (SSSR count). The van der Waals surface area contributed by atoms with Gasteiger partial charge in [0.05, 0.1) is 0 Å². The Bertz CT molecular complexity index is 58.4. The average Bonchev–Trinajstić information content (AvgIpc) is 1.87. The summed E-state index contributed by atoms with van der Waals surface area (Å²) in [4.78, 5) is 0. The van der Waals surface area contributed by atoms with Crippen LogP contribution in [-0.2, 0) is 0 Å². The fourth-order valence-electron chi connectivity index (χ4n) is 1.55. The Morgan fingerprint density at radius 1 is 0.909 bits per heavy atom. The molecule has 0 fully saturated rings. The first-order chi connectivity index (χ1) is 4.72. The topological polar surface area (TPSA) is 0 Å². The summed E-state index contributed by atoms with van der Waals surface area (Å²) in [6, 6.07) is 0. The molecule has 0 N–H and O–H groups in total. The second kappa shape index (κ2) is 8.10. The molecule has 0 aliphatic carbocycles. The molecule has 0 saturated heterocycles. The molecule has 0 saturated carbocycles. The maximum absolute atomic E-state index is 2.34. The van der Waals surface area contributed by atoms with Crippen LogP contribution >= 0.6 is 0 Å². The summed E-state index contributed by atoms with van der Waals surface area (Å²) in [7, 11) is 0. The van der Waals surface area contributed by atoms with Crippen molar-refractivity contribution in [2.45, 2.75) is 60.8 Å². The number of hydrogen-bond donors (Lipinski definition) is 0. The molecule has 0 heteroatoms. The van der Waals surface area contributed by atoms with Crippen LogP contribution in [0, 0.1) is 11.8 Å². The number of rotatable bonds is 5. The van der Waals surface area contributed by atoms with Crippen LogP contribution in [0.15, 0.2) is 0 Å². The first kappa shape index (κ1) is 13.6. The molecule has 70 valence electrons. The molecule has 0 bridgehead atoms. The third-order valence-corrected chi connectivity index (χ3v) is 2.26. The van der Waals surface area contributed by atoms with Crippen LogP contribution in [0.2, 0.25) is 0 Å². The van der Waals surface area contributed by atoms with Crippen LogP contribution in [0.3, 0.4) is 0 Å². The van der Waals surface area contributed by atoms with E-state index in [0.717, 1.165) is 11.8 Å². The summed E-state index contributed by atoms with van der Waals surface area (Å²) in [5, 5.41) is 0. The summed E-state index contributed by atoms with van der Waals surface area (Å²) >= 11 is 0. The first-order valence-corrected chi connectivity index (χ1v) is 4.72. The lowest BCUT2D eigenvalue weighted by molar-refractivity contribution is 0.331. The third kappa shape index (κ3) is 6.40. The van der Waals surface area contributed by atoms with Gasteiger partial charge in [-0.25, -0.2) is 0 Å². The highest BCUT2D eigenvalue weighted by molar-refractivity contribution is 4.61. The fourth-order valence-corrected chi connectivity index (χ4v) is 1.55. The fraction of sp³-hybridized carbons (Fsp3) is 1.00. The summed E-state index contributed by atoms with van der Waals surface area (Å²) in [5.74, 6) is 1.87. The van der Waals surface area contributed by atoms with E-state index in [0.29, 0.717) is 0 Å². The Morgan fingerprint density at radius 2 is 1.27 bits per heavy atom. The van der Waals surface area contributed by atoms with Gasteiger partial charge in [-0.3, -0.25) is 0 Å². The van der Waals surface area contributed by atoms with E-state index >= 15 is 0 Å². The van der Waals surface area contributed by atoms with E-state index in [9.17, 15) is 0 Å². The van der Waals surface area contributed by atoms with Crippen LogP contribution in [-0.4, -0.2) is 0 Å². The van der Waals surface area contributed by atoms with Gasteiger partial charge in [-0.15, -0.1) is 0 Å². The lowest BCUT2D eigenvalue weighted by Crippen LogP contribution is -2.07. The molecule has 11 heavy (non-hydrogen) atoms. The molecule has 0 radical (unpaired) electrons. The maximum atomic E-state index is 2.34. The average molecular weight is 158 g/mol. The van der Waals surface area contributed by atoms with Gasteiger partial charge in [-0.2, -0.15) is 0 Å². The highest BCUT2D eigenvalue weighted by Gasteiger charge is 2.09. The van der Waals surface area contributed by atoms with Crippen LogP contribution in [0.5, 0.6) is 0 Å². The van der Waals surface area contributed by atoms with E-state index in [-0.39, 0.29) is 7.43 Å². The van der Waals surface area contributed by atoms with E-state index < -0.39 is 0 Å². The Balaban J connectivity index is 0. The van der Waals surface area contributed by atoms with Crippen LogP contribution in [0.1, 0.15) is 60.8 Å². The molecule has 0 amide bonds. The molecule has 0 heterocycles. The Hall–Kier alpha value is 0. The normalized spacial score (nSPS) is 10.4. The van der Waals surface area contributed by atoms with Crippen molar-refractivity contribution in [3.05, 3.63) is 0 Å². The molecule has 0 nitrogen and oxygen atoms in total. The Morgan fingerprint density at radius 3 is 1.45 bits per heavy atom. The van der Waals surface area contributed by atoms with Crippen LogP contribution < -0.4 is 0 Å². The van der Waals surface area contributed by atoms with Gasteiger partial charge in [0, 0.05) is 0 Å². The molecule has 0 aliphatic rings. The lowest BCUT2D eigenvalue weighted by Gasteiger charge is -2.18. The number of hydrogen-bond acceptors (Lipinski definition) is 0. The van der Waals surface area contributed by atoms with Gasteiger partial charge in [0.25, 0.3) is 0 Å². The zero-order valence-electron chi connectivity index (χ0n) is 7.98.